The van der Waals surface area contributed by atoms with Gasteiger partial charge in [-0.3, -0.25) is 9.59 Å². The first-order chi connectivity index (χ1) is 10.5. The molecule has 2 aromatic rings. The monoisotopic (exact) mass is 338 g/mol. The van der Waals surface area contributed by atoms with Crippen LogP contribution in [0.1, 0.15) is 20.7 Å². The Kier molecular flexibility index (Phi) is 5.06. The number of rotatable bonds is 5. The zero-order chi connectivity index (χ0) is 16.3. The summed E-state index contributed by atoms with van der Waals surface area (Å²) in [6, 6.07) is 9.68. The summed E-state index contributed by atoms with van der Waals surface area (Å²) >= 11 is 11.3. The molecule has 114 valence electrons. The lowest BCUT2D eigenvalue weighted by Gasteiger charge is -2.17. The van der Waals surface area contributed by atoms with E-state index in [-0.39, 0.29) is 11.1 Å². The Hall–Kier alpha value is -2.04. The van der Waals surface area contributed by atoms with Crippen molar-refractivity contribution in [3.63, 3.8) is 0 Å². The van der Waals surface area contributed by atoms with E-state index in [4.69, 9.17) is 32.7 Å². The Morgan fingerprint density at radius 1 is 0.773 bits per heavy atom. The van der Waals surface area contributed by atoms with Gasteiger partial charge in [0.05, 0.1) is 14.2 Å². The molecule has 0 saturated heterocycles. The van der Waals surface area contributed by atoms with Gasteiger partial charge in [0.2, 0.25) is 0 Å². The highest BCUT2D eigenvalue weighted by molar-refractivity contribution is 6.69. The van der Waals surface area contributed by atoms with Crippen molar-refractivity contribution in [3.8, 4) is 22.6 Å². The predicted molar refractivity (Wildman–Crippen MR) is 85.3 cm³/mol. The van der Waals surface area contributed by atoms with Crippen molar-refractivity contribution in [1.29, 1.82) is 0 Å². The van der Waals surface area contributed by atoms with Crippen LogP contribution in [0, 0.1) is 0 Å². The van der Waals surface area contributed by atoms with Gasteiger partial charge in [0.25, 0.3) is 10.5 Å². The maximum Gasteiger partial charge on any atom is 0.253 e. The molecule has 0 saturated carbocycles. The summed E-state index contributed by atoms with van der Waals surface area (Å²) in [4.78, 5) is 23.5. The van der Waals surface area contributed by atoms with Gasteiger partial charge >= 0.3 is 0 Å². The summed E-state index contributed by atoms with van der Waals surface area (Å²) in [7, 11) is 2.91. The molecule has 0 radical (unpaired) electrons. The van der Waals surface area contributed by atoms with Crippen molar-refractivity contribution in [2.45, 2.75) is 0 Å². The van der Waals surface area contributed by atoms with Crippen molar-refractivity contribution < 1.29 is 19.1 Å². The molecule has 0 unspecified atom stereocenters. The number of carbonyl (C=O) groups excluding carboxylic acids is 2. The first-order valence-corrected chi connectivity index (χ1v) is 7.00. The number of ether oxygens (including phenoxy) is 2. The number of carbonyl (C=O) groups is 2. The Morgan fingerprint density at radius 3 is 1.41 bits per heavy atom. The minimum atomic E-state index is -0.673. The largest absolute Gasteiger partial charge is 0.496 e. The quantitative estimate of drug-likeness (QED) is 0.769. The van der Waals surface area contributed by atoms with E-state index in [0.29, 0.717) is 22.6 Å². The summed E-state index contributed by atoms with van der Waals surface area (Å²) < 4.78 is 10.6. The smallest absolute Gasteiger partial charge is 0.253 e. The van der Waals surface area contributed by atoms with Gasteiger partial charge in [-0.05, 0) is 47.5 Å². The van der Waals surface area contributed by atoms with Crippen LogP contribution in [0.15, 0.2) is 36.4 Å². The van der Waals surface area contributed by atoms with Crippen LogP contribution >= 0.6 is 23.2 Å². The minimum absolute atomic E-state index is 0.199. The third kappa shape index (κ3) is 2.93. The van der Waals surface area contributed by atoms with Crippen LogP contribution in [0.3, 0.4) is 0 Å². The molecule has 2 aromatic carbocycles. The van der Waals surface area contributed by atoms with Crippen molar-refractivity contribution in [2.75, 3.05) is 14.2 Å². The third-order valence-corrected chi connectivity index (χ3v) is 3.57. The number of methoxy groups -OCH3 is 2. The number of benzene rings is 2. The first kappa shape index (κ1) is 16.3. The van der Waals surface area contributed by atoms with E-state index in [0.717, 1.165) is 0 Å². The second kappa shape index (κ2) is 6.81. The molecule has 0 aromatic heterocycles. The molecule has 6 heteroatoms. The Bertz CT molecular complexity index is 677. The predicted octanol–water partition coefficient (Wildman–Crippen LogP) is 4.13. The Labute approximate surface area is 137 Å². The van der Waals surface area contributed by atoms with E-state index in [9.17, 15) is 9.59 Å². The molecule has 0 amide bonds. The van der Waals surface area contributed by atoms with Crippen molar-refractivity contribution in [3.05, 3.63) is 47.5 Å². The van der Waals surface area contributed by atoms with Gasteiger partial charge in [0, 0.05) is 22.3 Å². The van der Waals surface area contributed by atoms with Gasteiger partial charge in [-0.25, -0.2) is 0 Å². The average molecular weight is 339 g/mol. The summed E-state index contributed by atoms with van der Waals surface area (Å²) in [6.45, 7) is 0. The molecule has 22 heavy (non-hydrogen) atoms. The van der Waals surface area contributed by atoms with Gasteiger partial charge in [-0.15, -0.1) is 0 Å². The average Bonchev–Trinajstić information content (AvgIpc) is 2.52. The van der Waals surface area contributed by atoms with E-state index in [1.165, 1.54) is 14.2 Å². The van der Waals surface area contributed by atoms with E-state index in [1.807, 2.05) is 0 Å². The molecule has 0 aliphatic rings. The van der Waals surface area contributed by atoms with E-state index >= 15 is 0 Å². The second-order valence-corrected chi connectivity index (χ2v) is 5.00. The Balaban J connectivity index is 2.92. The molecular weight excluding hydrogens is 327 g/mol. The molecule has 0 fully saturated rings. The molecule has 0 N–H and O–H groups in total. The van der Waals surface area contributed by atoms with Gasteiger partial charge in [0.1, 0.15) is 11.5 Å². The molecule has 0 aliphatic carbocycles. The molecule has 0 atom stereocenters. The maximum absolute atomic E-state index is 11.7. The molecule has 2 rings (SSSR count). The van der Waals surface area contributed by atoms with Crippen LogP contribution in [0.4, 0.5) is 0 Å². The number of hydrogen-bond acceptors (Lipinski definition) is 4. The lowest BCUT2D eigenvalue weighted by molar-refractivity contribution is 0.107. The van der Waals surface area contributed by atoms with Crippen LogP contribution in [0.25, 0.3) is 11.1 Å². The van der Waals surface area contributed by atoms with Crippen molar-refractivity contribution >= 4 is 33.7 Å². The summed E-state index contributed by atoms with van der Waals surface area (Å²) in [5.41, 5.74) is 1.13. The summed E-state index contributed by atoms with van der Waals surface area (Å²) in [5.74, 6) is 0.769. The van der Waals surface area contributed by atoms with Crippen LogP contribution < -0.4 is 9.47 Å². The van der Waals surface area contributed by atoms with Crippen LogP contribution in [0.2, 0.25) is 0 Å². The Morgan fingerprint density at radius 2 is 1.14 bits per heavy atom. The molecule has 0 spiro atoms. The fourth-order valence-electron chi connectivity index (χ4n) is 2.25. The van der Waals surface area contributed by atoms with Gasteiger partial charge < -0.3 is 9.47 Å². The van der Waals surface area contributed by atoms with Gasteiger partial charge in [0.15, 0.2) is 0 Å². The van der Waals surface area contributed by atoms with Crippen LogP contribution in [-0.4, -0.2) is 24.7 Å². The minimum Gasteiger partial charge on any atom is -0.496 e. The van der Waals surface area contributed by atoms with E-state index < -0.39 is 10.5 Å². The lowest BCUT2D eigenvalue weighted by atomic mass is 9.94. The third-order valence-electron chi connectivity index (χ3n) is 3.17. The topological polar surface area (TPSA) is 52.6 Å². The normalized spacial score (nSPS) is 10.2. The molecule has 0 heterocycles. The highest BCUT2D eigenvalue weighted by atomic mass is 35.5. The SMILES string of the molecule is COc1cccc(C(=O)Cl)c1-c1c(OC)cccc1C(=O)Cl. The number of halogens is 2. The highest BCUT2D eigenvalue weighted by Crippen LogP contribution is 2.42. The zero-order valence-corrected chi connectivity index (χ0v) is 13.4. The highest BCUT2D eigenvalue weighted by Gasteiger charge is 2.24. The van der Waals surface area contributed by atoms with Crippen LogP contribution in [-0.2, 0) is 0 Å². The summed E-state index contributed by atoms with van der Waals surface area (Å²) in [5, 5.41) is -1.35. The maximum atomic E-state index is 11.7. The second-order valence-electron chi connectivity index (χ2n) is 4.31. The van der Waals surface area contributed by atoms with E-state index in [2.05, 4.69) is 0 Å². The van der Waals surface area contributed by atoms with E-state index in [1.54, 1.807) is 36.4 Å². The van der Waals surface area contributed by atoms with Gasteiger partial charge in [-0.2, -0.15) is 0 Å². The van der Waals surface area contributed by atoms with Gasteiger partial charge in [-0.1, -0.05) is 12.1 Å². The number of hydrogen-bond donors (Lipinski definition) is 0. The first-order valence-electron chi connectivity index (χ1n) is 6.25. The fraction of sp³-hybridized carbons (Fsp3) is 0.125. The molecule has 0 aliphatic heterocycles. The fourth-order valence-corrected chi connectivity index (χ4v) is 2.56. The lowest BCUT2D eigenvalue weighted by Crippen LogP contribution is -2.03. The molecule has 0 bridgehead atoms. The molecular formula is C16H12Cl2O4. The van der Waals surface area contributed by atoms with Crippen LogP contribution in [0.5, 0.6) is 11.5 Å². The molecule has 4 nitrogen and oxygen atoms in total. The zero-order valence-electron chi connectivity index (χ0n) is 11.9. The summed E-state index contributed by atoms with van der Waals surface area (Å²) in [6.07, 6.45) is 0. The van der Waals surface area contributed by atoms with Crippen molar-refractivity contribution in [2.24, 2.45) is 0 Å². The van der Waals surface area contributed by atoms with Crippen molar-refractivity contribution in [1.82, 2.24) is 0 Å². The standard InChI is InChI=1S/C16H12Cl2O4/c1-21-11-7-3-5-9(15(17)19)13(11)14-10(16(18)20)6-4-8-12(14)22-2/h3-8H,1-2H3.